The lowest BCUT2D eigenvalue weighted by molar-refractivity contribution is 0.320. The van der Waals surface area contributed by atoms with Gasteiger partial charge in [0.25, 0.3) is 0 Å². The molecule has 0 saturated heterocycles. The standard InChI is InChI=1S/C25H33F2N5.2C2H6/c1-18-8-11-24(19(2)15-28)25(12-18)32(23-6-4-3-5-7-23)17-21-10-9-20(16-29-21)30-31-22(13-26)14-27;2*1-2/h8-12,16,19,22-23,30-31H,3-7,13-14,17H2,1-2H3;2*1-2H3. The fraction of sp³-hybridized carbons (Fsp3) is 0.586. The first kappa shape index (κ1) is 31.3. The molecule has 200 valence electrons. The number of hydrogen-bond donors (Lipinski definition) is 2. The predicted molar refractivity (Wildman–Crippen MR) is 148 cm³/mol. The Morgan fingerprint density at radius 3 is 2.28 bits per heavy atom. The number of nitrogens with zero attached hydrogens (tertiary/aromatic N) is 3. The van der Waals surface area contributed by atoms with Gasteiger partial charge in [-0.3, -0.25) is 4.98 Å². The number of hydrogen-bond acceptors (Lipinski definition) is 5. The van der Waals surface area contributed by atoms with Crippen LogP contribution < -0.4 is 15.8 Å². The Morgan fingerprint density at radius 1 is 1.06 bits per heavy atom. The summed E-state index contributed by atoms with van der Waals surface area (Å²) in [7, 11) is 0. The van der Waals surface area contributed by atoms with Crippen molar-refractivity contribution in [2.24, 2.45) is 0 Å². The van der Waals surface area contributed by atoms with Gasteiger partial charge in [0.1, 0.15) is 13.3 Å². The minimum atomic E-state index is -0.877. The van der Waals surface area contributed by atoms with E-state index in [9.17, 15) is 14.0 Å². The Labute approximate surface area is 217 Å². The molecule has 0 aliphatic heterocycles. The molecule has 7 heteroatoms. The maximum atomic E-state index is 12.7. The van der Waals surface area contributed by atoms with E-state index in [4.69, 9.17) is 0 Å². The van der Waals surface area contributed by atoms with Crippen molar-refractivity contribution in [2.45, 2.75) is 98.2 Å². The molecule has 1 aliphatic carbocycles. The molecule has 1 aromatic carbocycles. The lowest BCUT2D eigenvalue weighted by Crippen LogP contribution is -2.38. The lowest BCUT2D eigenvalue weighted by atomic mass is 9.91. The van der Waals surface area contributed by atoms with Gasteiger partial charge in [0.05, 0.1) is 42.2 Å². The van der Waals surface area contributed by atoms with Crippen molar-refractivity contribution in [1.82, 2.24) is 10.4 Å². The maximum Gasteiger partial charge on any atom is 0.109 e. The van der Waals surface area contributed by atoms with Gasteiger partial charge in [-0.1, -0.05) is 59.1 Å². The molecule has 3 rings (SSSR count). The zero-order valence-corrected chi connectivity index (χ0v) is 23.0. The van der Waals surface area contributed by atoms with Crippen molar-refractivity contribution in [3.8, 4) is 6.07 Å². The van der Waals surface area contributed by atoms with Crippen LogP contribution in [-0.2, 0) is 6.54 Å². The number of halogens is 2. The van der Waals surface area contributed by atoms with Crippen LogP contribution in [0.4, 0.5) is 20.2 Å². The number of aromatic nitrogens is 1. The first-order valence-corrected chi connectivity index (χ1v) is 13.4. The molecular weight excluding hydrogens is 456 g/mol. The molecule has 0 bridgehead atoms. The van der Waals surface area contributed by atoms with Crippen LogP contribution >= 0.6 is 0 Å². The number of nitriles is 1. The molecule has 0 radical (unpaired) electrons. The third kappa shape index (κ3) is 9.39. The molecule has 1 atom stereocenters. The van der Waals surface area contributed by atoms with Crippen molar-refractivity contribution in [3.63, 3.8) is 0 Å². The van der Waals surface area contributed by atoms with Gasteiger partial charge in [0.2, 0.25) is 0 Å². The summed E-state index contributed by atoms with van der Waals surface area (Å²) < 4.78 is 25.3. The van der Waals surface area contributed by atoms with E-state index in [2.05, 4.69) is 51.9 Å². The van der Waals surface area contributed by atoms with E-state index < -0.39 is 19.4 Å². The summed E-state index contributed by atoms with van der Waals surface area (Å²) in [5.41, 5.74) is 10.3. The Morgan fingerprint density at radius 2 is 1.72 bits per heavy atom. The van der Waals surface area contributed by atoms with E-state index in [-0.39, 0.29) is 5.92 Å². The second kappa shape index (κ2) is 17.7. The van der Waals surface area contributed by atoms with Crippen LogP contribution in [-0.4, -0.2) is 30.4 Å². The van der Waals surface area contributed by atoms with E-state index in [1.807, 2.05) is 46.8 Å². The predicted octanol–water partition coefficient (Wildman–Crippen LogP) is 7.63. The van der Waals surface area contributed by atoms with Crippen LogP contribution in [0.15, 0.2) is 36.5 Å². The number of nitrogens with one attached hydrogen (secondary N) is 2. The fourth-order valence-corrected chi connectivity index (χ4v) is 4.21. The Balaban J connectivity index is 0.00000154. The summed E-state index contributed by atoms with van der Waals surface area (Å²) in [4.78, 5) is 7.01. The topological polar surface area (TPSA) is 64.0 Å². The van der Waals surface area contributed by atoms with Gasteiger partial charge in [-0.05, 0) is 56.0 Å². The minimum absolute atomic E-state index is 0.193. The quantitative estimate of drug-likeness (QED) is 0.328. The summed E-state index contributed by atoms with van der Waals surface area (Å²) in [6.45, 7) is 11.1. The molecular formula is C29H45F2N5. The summed E-state index contributed by atoms with van der Waals surface area (Å²) in [6.07, 6.45) is 7.62. The van der Waals surface area contributed by atoms with Gasteiger partial charge in [0.15, 0.2) is 0 Å². The van der Waals surface area contributed by atoms with Gasteiger partial charge >= 0.3 is 0 Å². The largest absolute Gasteiger partial charge is 0.362 e. The van der Waals surface area contributed by atoms with Gasteiger partial charge < -0.3 is 10.3 Å². The molecule has 1 heterocycles. The molecule has 2 aromatic rings. The summed E-state index contributed by atoms with van der Waals surface area (Å²) in [5, 5.41) is 9.58. The Kier molecular flexibility index (Phi) is 15.4. The number of alkyl halides is 2. The number of hydrazine groups is 1. The smallest absolute Gasteiger partial charge is 0.109 e. The average Bonchev–Trinajstić information content (AvgIpc) is 2.95. The van der Waals surface area contributed by atoms with Crippen molar-refractivity contribution >= 4 is 11.4 Å². The summed E-state index contributed by atoms with van der Waals surface area (Å²) in [6, 6.07) is 12.0. The van der Waals surface area contributed by atoms with Crippen LogP contribution in [0.1, 0.15) is 89.5 Å². The summed E-state index contributed by atoms with van der Waals surface area (Å²) >= 11 is 0. The molecule has 0 spiro atoms. The molecule has 1 fully saturated rings. The molecule has 5 nitrogen and oxygen atoms in total. The molecule has 1 aliphatic rings. The van der Waals surface area contributed by atoms with Crippen LogP contribution in [0.25, 0.3) is 0 Å². The first-order valence-electron chi connectivity index (χ1n) is 13.4. The Hall–Kier alpha value is -2.72. The van der Waals surface area contributed by atoms with Crippen molar-refractivity contribution in [3.05, 3.63) is 53.3 Å². The van der Waals surface area contributed by atoms with Crippen molar-refractivity contribution in [1.29, 1.82) is 5.26 Å². The van der Waals surface area contributed by atoms with E-state index in [1.54, 1.807) is 6.20 Å². The van der Waals surface area contributed by atoms with Crippen molar-refractivity contribution < 1.29 is 8.78 Å². The maximum absolute atomic E-state index is 12.7. The molecule has 2 N–H and O–H groups in total. The molecule has 0 amide bonds. The Bertz CT molecular complexity index is 888. The van der Waals surface area contributed by atoms with E-state index in [0.29, 0.717) is 18.3 Å². The van der Waals surface area contributed by atoms with Gasteiger partial charge in [-0.2, -0.15) is 5.26 Å². The molecule has 1 unspecified atom stereocenters. The SMILES string of the molecule is CC.CC.Cc1ccc(C(C)C#N)c(N(Cc2ccc(NNC(CF)CF)cn2)C2CCCCC2)c1. The van der Waals surface area contributed by atoms with Gasteiger partial charge in [0, 0.05) is 11.7 Å². The summed E-state index contributed by atoms with van der Waals surface area (Å²) in [5.74, 6) is -0.193. The first-order chi connectivity index (χ1) is 17.5. The molecule has 36 heavy (non-hydrogen) atoms. The highest BCUT2D eigenvalue weighted by Crippen LogP contribution is 2.35. The van der Waals surface area contributed by atoms with Crippen LogP contribution in [0.2, 0.25) is 0 Å². The monoisotopic (exact) mass is 501 g/mol. The minimum Gasteiger partial charge on any atom is -0.362 e. The average molecular weight is 502 g/mol. The highest BCUT2D eigenvalue weighted by atomic mass is 19.1. The molecule has 1 aromatic heterocycles. The van der Waals surface area contributed by atoms with Crippen LogP contribution in [0.5, 0.6) is 0 Å². The number of aryl methyl sites for hydroxylation is 1. The highest BCUT2D eigenvalue weighted by molar-refractivity contribution is 5.59. The zero-order chi connectivity index (χ0) is 26.9. The van der Waals surface area contributed by atoms with E-state index in [0.717, 1.165) is 29.8 Å². The van der Waals surface area contributed by atoms with Gasteiger partial charge in [-0.25, -0.2) is 14.2 Å². The number of pyridine rings is 1. The third-order valence-corrected chi connectivity index (χ3v) is 6.12. The fourth-order valence-electron chi connectivity index (χ4n) is 4.21. The number of rotatable bonds is 10. The van der Waals surface area contributed by atoms with Crippen LogP contribution in [0.3, 0.4) is 0 Å². The van der Waals surface area contributed by atoms with Crippen LogP contribution in [0, 0.1) is 18.3 Å². The van der Waals surface area contributed by atoms with Gasteiger partial charge in [-0.15, -0.1) is 0 Å². The zero-order valence-electron chi connectivity index (χ0n) is 23.0. The highest BCUT2D eigenvalue weighted by Gasteiger charge is 2.25. The van der Waals surface area contributed by atoms with E-state index >= 15 is 0 Å². The normalized spacial score (nSPS) is 14.0. The number of benzene rings is 1. The number of anilines is 2. The lowest BCUT2D eigenvalue weighted by Gasteiger charge is -2.37. The van der Waals surface area contributed by atoms with Crippen molar-refractivity contribution in [2.75, 3.05) is 23.7 Å². The second-order valence-corrected chi connectivity index (χ2v) is 8.65. The second-order valence-electron chi connectivity index (χ2n) is 8.65. The van der Waals surface area contributed by atoms with E-state index in [1.165, 1.54) is 24.8 Å². The molecule has 1 saturated carbocycles. The third-order valence-electron chi connectivity index (χ3n) is 6.12.